The third-order valence-corrected chi connectivity index (χ3v) is 3.63. The minimum absolute atomic E-state index is 0.0333. The second kappa shape index (κ2) is 5.76. The van der Waals surface area contributed by atoms with Crippen molar-refractivity contribution in [3.63, 3.8) is 0 Å². The van der Waals surface area contributed by atoms with Gasteiger partial charge in [0.05, 0.1) is 17.2 Å². The summed E-state index contributed by atoms with van der Waals surface area (Å²) in [6, 6.07) is 6.29. The monoisotopic (exact) mass is 280 g/mol. The second-order valence-corrected chi connectivity index (χ2v) is 4.80. The van der Waals surface area contributed by atoms with Crippen molar-refractivity contribution >= 4 is 11.3 Å². The molecule has 2 rings (SSSR count). The van der Waals surface area contributed by atoms with Crippen molar-refractivity contribution in [1.82, 2.24) is 4.98 Å². The van der Waals surface area contributed by atoms with Gasteiger partial charge in [-0.05, 0) is 24.6 Å². The van der Waals surface area contributed by atoms with Crippen LogP contribution in [0.4, 0.5) is 8.78 Å². The lowest BCUT2D eigenvalue weighted by molar-refractivity contribution is -0.0494. The van der Waals surface area contributed by atoms with Crippen LogP contribution in [-0.2, 0) is 6.42 Å². The molecule has 3 nitrogen and oxygen atoms in total. The van der Waals surface area contributed by atoms with Crippen molar-refractivity contribution in [2.24, 2.45) is 0 Å². The van der Waals surface area contributed by atoms with Crippen LogP contribution in [0.25, 0.3) is 10.6 Å². The maximum atomic E-state index is 12.4. The lowest BCUT2D eigenvalue weighted by Crippen LogP contribution is -2.03. The van der Waals surface area contributed by atoms with Gasteiger partial charge in [0.25, 0.3) is 0 Å². The fourth-order valence-corrected chi connectivity index (χ4v) is 2.43. The fourth-order valence-electron chi connectivity index (χ4n) is 1.56. The summed E-state index contributed by atoms with van der Waals surface area (Å²) in [4.78, 5) is 5.23. The molecule has 1 aromatic carbocycles. The Kier molecular flexibility index (Phi) is 4.07. The van der Waals surface area contributed by atoms with Crippen molar-refractivity contribution in [3.05, 3.63) is 34.8 Å². The van der Waals surface area contributed by atoms with Crippen LogP contribution < -0.4 is 4.74 Å². The van der Waals surface area contributed by atoms with E-state index in [2.05, 4.69) is 9.72 Å². The van der Waals surface area contributed by atoms with E-state index in [9.17, 15) is 8.78 Å². The number of alkyl halides is 2. The third-order valence-electron chi connectivity index (χ3n) is 2.46. The summed E-state index contributed by atoms with van der Waals surface area (Å²) in [7, 11) is 0. The maximum absolute atomic E-state index is 12.4. The minimum atomic E-state index is -2.91. The van der Waals surface area contributed by atoms with Crippen molar-refractivity contribution < 1.29 is 13.5 Å². The van der Waals surface area contributed by atoms with E-state index in [0.29, 0.717) is 16.1 Å². The molecule has 0 spiro atoms. The first-order chi connectivity index (χ1) is 9.13. The fraction of sp³-hybridized carbons (Fsp3) is 0.231. The van der Waals surface area contributed by atoms with E-state index in [1.807, 2.05) is 13.0 Å². The van der Waals surface area contributed by atoms with Crippen molar-refractivity contribution in [1.29, 1.82) is 5.26 Å². The predicted octanol–water partition coefficient (Wildman–Crippen LogP) is 3.85. The Morgan fingerprint density at radius 2 is 2.26 bits per heavy atom. The van der Waals surface area contributed by atoms with Gasteiger partial charge in [-0.15, -0.1) is 11.3 Å². The molecule has 0 aliphatic rings. The minimum Gasteiger partial charge on any atom is -0.434 e. The van der Waals surface area contributed by atoms with Crippen molar-refractivity contribution in [3.8, 4) is 22.4 Å². The molecular weight excluding hydrogens is 270 g/mol. The molecule has 0 atom stereocenters. The first-order valence-corrected chi connectivity index (χ1v) is 6.39. The number of hydrogen-bond donors (Lipinski definition) is 0. The Balaban J connectivity index is 2.48. The van der Waals surface area contributed by atoms with E-state index in [-0.39, 0.29) is 5.75 Å². The van der Waals surface area contributed by atoms with Gasteiger partial charge < -0.3 is 4.74 Å². The summed E-state index contributed by atoms with van der Waals surface area (Å²) >= 11 is 1.40. The van der Waals surface area contributed by atoms with E-state index in [1.54, 1.807) is 6.20 Å². The number of nitriles is 1. The molecule has 0 unspecified atom stereocenters. The Labute approximate surface area is 113 Å². The van der Waals surface area contributed by atoms with Crippen LogP contribution in [0.5, 0.6) is 5.75 Å². The van der Waals surface area contributed by atoms with Crippen LogP contribution in [0.15, 0.2) is 24.4 Å². The van der Waals surface area contributed by atoms with Crippen LogP contribution in [0.2, 0.25) is 0 Å². The third kappa shape index (κ3) is 3.06. The molecule has 98 valence electrons. The van der Waals surface area contributed by atoms with Crippen LogP contribution in [0, 0.1) is 11.3 Å². The van der Waals surface area contributed by atoms with Gasteiger partial charge in [-0.3, -0.25) is 0 Å². The Morgan fingerprint density at radius 3 is 2.84 bits per heavy atom. The molecule has 0 N–H and O–H groups in total. The molecule has 0 aliphatic heterocycles. The smallest absolute Gasteiger partial charge is 0.387 e. The van der Waals surface area contributed by atoms with Crippen LogP contribution >= 0.6 is 11.3 Å². The maximum Gasteiger partial charge on any atom is 0.387 e. The highest BCUT2D eigenvalue weighted by Gasteiger charge is 2.14. The molecule has 19 heavy (non-hydrogen) atoms. The van der Waals surface area contributed by atoms with E-state index in [0.717, 1.165) is 11.3 Å². The zero-order chi connectivity index (χ0) is 13.8. The average molecular weight is 280 g/mol. The summed E-state index contributed by atoms with van der Waals surface area (Å²) in [5, 5.41) is 9.45. The molecule has 0 saturated carbocycles. The van der Waals surface area contributed by atoms with Gasteiger partial charge in [-0.2, -0.15) is 14.0 Å². The molecule has 0 bridgehead atoms. The molecular formula is C13H10F2N2OS. The standard InChI is InChI=1S/C13H10F2N2OS/c1-2-9-7-17-12(19-9)10-5-8(6-16)3-4-11(10)18-13(14)15/h3-5,7,13H,2H2,1H3. The van der Waals surface area contributed by atoms with Crippen LogP contribution in [-0.4, -0.2) is 11.6 Å². The topological polar surface area (TPSA) is 45.9 Å². The number of benzene rings is 1. The van der Waals surface area contributed by atoms with E-state index in [4.69, 9.17) is 5.26 Å². The van der Waals surface area contributed by atoms with Crippen molar-refractivity contribution in [2.75, 3.05) is 0 Å². The highest BCUT2D eigenvalue weighted by atomic mass is 32.1. The molecule has 0 fully saturated rings. The number of halogens is 2. The van der Waals surface area contributed by atoms with Crippen molar-refractivity contribution in [2.45, 2.75) is 20.0 Å². The van der Waals surface area contributed by atoms with Gasteiger partial charge in [-0.1, -0.05) is 6.92 Å². The van der Waals surface area contributed by atoms with Gasteiger partial charge in [0.1, 0.15) is 10.8 Å². The first kappa shape index (κ1) is 13.4. The molecule has 1 aromatic heterocycles. The number of aromatic nitrogens is 1. The number of thiazole rings is 1. The molecule has 6 heteroatoms. The Bertz CT molecular complexity index is 619. The quantitative estimate of drug-likeness (QED) is 0.854. The SMILES string of the molecule is CCc1cnc(-c2cc(C#N)ccc2OC(F)F)s1. The summed E-state index contributed by atoms with van der Waals surface area (Å²) in [6.07, 6.45) is 2.52. The Morgan fingerprint density at radius 1 is 1.47 bits per heavy atom. The molecule has 2 aromatic rings. The molecule has 0 radical (unpaired) electrons. The average Bonchev–Trinajstić information content (AvgIpc) is 2.87. The van der Waals surface area contributed by atoms with Gasteiger partial charge in [0, 0.05) is 11.1 Å². The number of aryl methyl sites for hydroxylation is 1. The zero-order valence-corrected chi connectivity index (χ0v) is 10.9. The van der Waals surface area contributed by atoms with Gasteiger partial charge >= 0.3 is 6.61 Å². The van der Waals surface area contributed by atoms with Gasteiger partial charge in [-0.25, -0.2) is 4.98 Å². The van der Waals surface area contributed by atoms with Crippen LogP contribution in [0.1, 0.15) is 17.4 Å². The Hall–Kier alpha value is -2.00. The highest BCUT2D eigenvalue weighted by Crippen LogP contribution is 2.34. The summed E-state index contributed by atoms with van der Waals surface area (Å²) < 4.78 is 29.2. The summed E-state index contributed by atoms with van der Waals surface area (Å²) in [6.45, 7) is -0.920. The summed E-state index contributed by atoms with van der Waals surface area (Å²) in [5.74, 6) is 0.0333. The molecule has 0 amide bonds. The predicted molar refractivity (Wildman–Crippen MR) is 68.3 cm³/mol. The normalized spacial score (nSPS) is 10.5. The molecule has 1 heterocycles. The number of nitrogens with zero attached hydrogens (tertiary/aromatic N) is 2. The lowest BCUT2D eigenvalue weighted by Gasteiger charge is -2.08. The van der Waals surface area contributed by atoms with Gasteiger partial charge in [0.15, 0.2) is 0 Å². The van der Waals surface area contributed by atoms with E-state index >= 15 is 0 Å². The molecule has 0 aliphatic carbocycles. The number of ether oxygens (including phenoxy) is 1. The first-order valence-electron chi connectivity index (χ1n) is 5.58. The highest BCUT2D eigenvalue weighted by molar-refractivity contribution is 7.15. The van der Waals surface area contributed by atoms with Crippen LogP contribution in [0.3, 0.4) is 0 Å². The largest absolute Gasteiger partial charge is 0.434 e. The number of hydrogen-bond acceptors (Lipinski definition) is 4. The zero-order valence-electron chi connectivity index (χ0n) is 10.1. The van der Waals surface area contributed by atoms with E-state index < -0.39 is 6.61 Å². The summed E-state index contributed by atoms with van der Waals surface area (Å²) in [5.41, 5.74) is 0.800. The number of rotatable bonds is 4. The second-order valence-electron chi connectivity index (χ2n) is 3.69. The van der Waals surface area contributed by atoms with Gasteiger partial charge in [0.2, 0.25) is 0 Å². The lowest BCUT2D eigenvalue weighted by atomic mass is 10.1. The molecule has 0 saturated heterocycles. The van der Waals surface area contributed by atoms with E-state index in [1.165, 1.54) is 29.5 Å².